The molecule has 0 atom stereocenters. The van der Waals surface area contributed by atoms with Crippen molar-refractivity contribution >= 4 is 18.2 Å². The highest BCUT2D eigenvalue weighted by molar-refractivity contribution is 5.84. The number of hydrogen-bond donors (Lipinski definition) is 1. The lowest BCUT2D eigenvalue weighted by Crippen LogP contribution is -2.35. The predicted octanol–water partition coefficient (Wildman–Crippen LogP) is 3.09. The average molecular weight is 350 g/mol. The van der Waals surface area contributed by atoms with Crippen LogP contribution in [-0.4, -0.2) is 42.7 Å². The first-order valence-corrected chi connectivity index (χ1v) is 8.51. The monoisotopic (exact) mass is 350 g/mol. The van der Waals surface area contributed by atoms with Crippen molar-refractivity contribution in [2.75, 3.05) is 19.6 Å². The third kappa shape index (κ3) is 8.74. The van der Waals surface area contributed by atoms with E-state index >= 15 is 0 Å². The molecule has 0 radical (unpaired) electrons. The number of alkyl carbamates (subject to hydrolysis) is 1. The summed E-state index contributed by atoms with van der Waals surface area (Å²) < 4.78 is 9.80. The maximum absolute atomic E-state index is 11.9. The molecule has 1 N–H and O–H groups in total. The molecule has 2 amide bonds. The van der Waals surface area contributed by atoms with Crippen molar-refractivity contribution in [2.24, 2.45) is 0 Å². The molecule has 0 aliphatic rings. The van der Waals surface area contributed by atoms with Gasteiger partial charge >= 0.3 is 18.2 Å². The molecule has 7 heteroatoms. The topological polar surface area (TPSA) is 84.9 Å². The molecule has 25 heavy (non-hydrogen) atoms. The smallest absolute Gasteiger partial charge is 0.417 e. The molecule has 0 bridgehead atoms. The second-order valence-corrected chi connectivity index (χ2v) is 5.47. The van der Waals surface area contributed by atoms with Gasteiger partial charge < -0.3 is 19.7 Å². The molecule has 1 aromatic carbocycles. The lowest BCUT2D eigenvalue weighted by molar-refractivity contribution is -0.138. The molecule has 138 valence electrons. The van der Waals surface area contributed by atoms with E-state index in [9.17, 15) is 14.4 Å². The molecule has 0 saturated carbocycles. The summed E-state index contributed by atoms with van der Waals surface area (Å²) in [6, 6.07) is 9.26. The van der Waals surface area contributed by atoms with Crippen LogP contribution < -0.4 is 5.32 Å². The molecule has 0 saturated heterocycles. The SMILES string of the molecule is CCCN(CCC)C(=O)OC(=O)CCNC(=O)OCc1ccccc1. The summed E-state index contributed by atoms with van der Waals surface area (Å²) in [7, 11) is 0. The second kappa shape index (κ2) is 11.9. The fourth-order valence-corrected chi connectivity index (χ4v) is 2.09. The van der Waals surface area contributed by atoms with Crippen molar-refractivity contribution in [3.63, 3.8) is 0 Å². The minimum atomic E-state index is -0.675. The summed E-state index contributed by atoms with van der Waals surface area (Å²) in [5.74, 6) is -0.675. The van der Waals surface area contributed by atoms with Crippen LogP contribution in [0.3, 0.4) is 0 Å². The molecular weight excluding hydrogens is 324 g/mol. The summed E-state index contributed by atoms with van der Waals surface area (Å²) in [6.45, 7) is 5.18. The summed E-state index contributed by atoms with van der Waals surface area (Å²) in [5.41, 5.74) is 0.870. The number of ether oxygens (including phenoxy) is 2. The molecule has 0 spiro atoms. The van der Waals surface area contributed by atoms with Crippen molar-refractivity contribution in [2.45, 2.75) is 39.7 Å². The van der Waals surface area contributed by atoms with Crippen LogP contribution >= 0.6 is 0 Å². The lowest BCUT2D eigenvalue weighted by atomic mass is 10.2. The molecule has 0 unspecified atom stereocenters. The van der Waals surface area contributed by atoms with Gasteiger partial charge in [-0.3, -0.25) is 4.79 Å². The number of rotatable bonds is 9. The second-order valence-electron chi connectivity index (χ2n) is 5.47. The summed E-state index contributed by atoms with van der Waals surface area (Å²) in [4.78, 5) is 36.6. The Balaban J connectivity index is 2.22. The van der Waals surface area contributed by atoms with E-state index in [2.05, 4.69) is 5.32 Å². The number of benzene rings is 1. The van der Waals surface area contributed by atoms with E-state index in [1.807, 2.05) is 44.2 Å². The highest BCUT2D eigenvalue weighted by Crippen LogP contribution is 2.01. The van der Waals surface area contributed by atoms with Crippen molar-refractivity contribution in [1.29, 1.82) is 0 Å². The largest absolute Gasteiger partial charge is 0.445 e. The van der Waals surface area contributed by atoms with Gasteiger partial charge in [0.05, 0.1) is 6.42 Å². The van der Waals surface area contributed by atoms with Gasteiger partial charge in [-0.15, -0.1) is 0 Å². The highest BCUT2D eigenvalue weighted by Gasteiger charge is 2.17. The number of hydrogen-bond acceptors (Lipinski definition) is 5. The standard InChI is InChI=1S/C18H26N2O5/c1-3-12-20(13-4-2)18(23)25-16(21)10-11-19-17(22)24-14-15-8-6-5-7-9-15/h5-9H,3-4,10-14H2,1-2H3,(H,19,22). The Labute approximate surface area is 148 Å². The Morgan fingerprint density at radius 1 is 1.04 bits per heavy atom. The molecular formula is C18H26N2O5. The van der Waals surface area contributed by atoms with Crippen molar-refractivity contribution in [3.8, 4) is 0 Å². The Hall–Kier alpha value is -2.57. The Morgan fingerprint density at radius 3 is 2.28 bits per heavy atom. The number of nitrogens with one attached hydrogen (secondary N) is 1. The van der Waals surface area contributed by atoms with Gasteiger partial charge in [-0.25, -0.2) is 9.59 Å². The molecule has 0 heterocycles. The fraction of sp³-hybridized carbons (Fsp3) is 0.500. The Morgan fingerprint density at radius 2 is 1.68 bits per heavy atom. The van der Waals surface area contributed by atoms with Crippen LogP contribution in [0.15, 0.2) is 30.3 Å². The van der Waals surface area contributed by atoms with E-state index in [4.69, 9.17) is 9.47 Å². The minimum absolute atomic E-state index is 0.0429. The Kier molecular flexibility index (Phi) is 9.74. The van der Waals surface area contributed by atoms with Gasteiger partial charge in [0.25, 0.3) is 0 Å². The maximum atomic E-state index is 11.9. The third-order valence-electron chi connectivity index (χ3n) is 3.26. The van der Waals surface area contributed by atoms with E-state index in [1.165, 1.54) is 4.90 Å². The van der Waals surface area contributed by atoms with E-state index in [-0.39, 0.29) is 19.6 Å². The molecule has 7 nitrogen and oxygen atoms in total. The highest BCUT2D eigenvalue weighted by atomic mass is 16.6. The van der Waals surface area contributed by atoms with Crippen molar-refractivity contribution in [1.82, 2.24) is 10.2 Å². The summed E-state index contributed by atoms with van der Waals surface area (Å²) >= 11 is 0. The van der Waals surface area contributed by atoms with Crippen LogP contribution in [0.1, 0.15) is 38.7 Å². The molecule has 1 rings (SSSR count). The number of carbonyl (C=O) groups excluding carboxylic acids is 3. The van der Waals surface area contributed by atoms with Gasteiger partial charge in [-0.2, -0.15) is 0 Å². The third-order valence-corrected chi connectivity index (χ3v) is 3.26. The van der Waals surface area contributed by atoms with Crippen LogP contribution in [0.5, 0.6) is 0 Å². The number of amides is 2. The van der Waals surface area contributed by atoms with Gasteiger partial charge in [-0.1, -0.05) is 44.2 Å². The van der Waals surface area contributed by atoms with E-state index < -0.39 is 18.2 Å². The van der Waals surface area contributed by atoms with Crippen LogP contribution in [0.4, 0.5) is 9.59 Å². The van der Waals surface area contributed by atoms with Gasteiger partial charge in [0.2, 0.25) is 0 Å². The Bertz CT molecular complexity index is 542. The number of esters is 1. The van der Waals surface area contributed by atoms with E-state index in [0.29, 0.717) is 13.1 Å². The summed E-state index contributed by atoms with van der Waals surface area (Å²) in [6.07, 6.45) is 0.219. The van der Waals surface area contributed by atoms with E-state index in [0.717, 1.165) is 18.4 Å². The molecule has 0 aromatic heterocycles. The molecule has 0 aliphatic carbocycles. The predicted molar refractivity (Wildman–Crippen MR) is 92.9 cm³/mol. The zero-order valence-corrected chi connectivity index (χ0v) is 14.8. The van der Waals surface area contributed by atoms with Gasteiger partial charge in [0, 0.05) is 19.6 Å². The van der Waals surface area contributed by atoms with Crippen LogP contribution in [0.2, 0.25) is 0 Å². The molecule has 0 aliphatic heterocycles. The average Bonchev–Trinajstić information content (AvgIpc) is 2.60. The normalized spacial score (nSPS) is 10.0. The quantitative estimate of drug-likeness (QED) is 0.546. The van der Waals surface area contributed by atoms with Gasteiger partial charge in [0.1, 0.15) is 6.61 Å². The van der Waals surface area contributed by atoms with E-state index in [1.54, 1.807) is 0 Å². The van der Waals surface area contributed by atoms with Gasteiger partial charge in [-0.05, 0) is 18.4 Å². The van der Waals surface area contributed by atoms with Crippen LogP contribution in [-0.2, 0) is 20.9 Å². The zero-order valence-electron chi connectivity index (χ0n) is 14.8. The van der Waals surface area contributed by atoms with Crippen molar-refractivity contribution in [3.05, 3.63) is 35.9 Å². The van der Waals surface area contributed by atoms with Crippen LogP contribution in [0, 0.1) is 0 Å². The lowest BCUT2D eigenvalue weighted by Gasteiger charge is -2.19. The zero-order chi connectivity index (χ0) is 18.5. The number of carbonyl (C=O) groups is 3. The molecule has 1 aromatic rings. The number of nitrogens with zero attached hydrogens (tertiary/aromatic N) is 1. The van der Waals surface area contributed by atoms with Crippen LogP contribution in [0.25, 0.3) is 0 Å². The van der Waals surface area contributed by atoms with Gasteiger partial charge in [0.15, 0.2) is 0 Å². The first kappa shape index (κ1) is 20.5. The first-order valence-electron chi connectivity index (χ1n) is 8.51. The maximum Gasteiger partial charge on any atom is 0.417 e. The summed E-state index contributed by atoms with van der Waals surface area (Å²) in [5, 5.41) is 2.45. The fourth-order valence-electron chi connectivity index (χ4n) is 2.09. The van der Waals surface area contributed by atoms with Crippen molar-refractivity contribution < 1.29 is 23.9 Å². The molecule has 0 fully saturated rings. The minimum Gasteiger partial charge on any atom is -0.445 e. The first-order chi connectivity index (χ1) is 12.1.